The molecule has 0 aliphatic carbocycles. The minimum atomic E-state index is -0.413. The number of hydrogen-bond acceptors (Lipinski definition) is 5. The second kappa shape index (κ2) is 7.90. The monoisotopic (exact) mass is 380 g/mol. The van der Waals surface area contributed by atoms with E-state index in [1.54, 1.807) is 18.2 Å². The van der Waals surface area contributed by atoms with Crippen molar-refractivity contribution in [2.24, 2.45) is 11.7 Å². The summed E-state index contributed by atoms with van der Waals surface area (Å²) in [6, 6.07) is 13.0. The molecule has 7 heteroatoms. The fourth-order valence-electron chi connectivity index (χ4n) is 3.75. The van der Waals surface area contributed by atoms with E-state index >= 15 is 0 Å². The third-order valence-electron chi connectivity index (χ3n) is 5.18. The van der Waals surface area contributed by atoms with E-state index in [0.29, 0.717) is 17.1 Å². The highest BCUT2D eigenvalue weighted by molar-refractivity contribution is 5.81. The Morgan fingerprint density at radius 1 is 1.29 bits per heavy atom. The molecule has 2 unspecified atom stereocenters. The topological polar surface area (TPSA) is 113 Å². The molecule has 1 amide bonds. The van der Waals surface area contributed by atoms with Crippen LogP contribution in [0.2, 0.25) is 0 Å². The van der Waals surface area contributed by atoms with Crippen molar-refractivity contribution in [3.05, 3.63) is 42.5 Å². The molecule has 2 heterocycles. The van der Waals surface area contributed by atoms with Gasteiger partial charge < -0.3 is 25.9 Å². The number of nitrogens with one attached hydrogen (secondary N) is 2. The summed E-state index contributed by atoms with van der Waals surface area (Å²) in [7, 11) is 0. The van der Waals surface area contributed by atoms with Gasteiger partial charge in [0, 0.05) is 12.5 Å². The van der Waals surface area contributed by atoms with Crippen molar-refractivity contribution >= 4 is 16.9 Å². The Balaban J connectivity index is 1.63. The van der Waals surface area contributed by atoms with Gasteiger partial charge >= 0.3 is 0 Å². The van der Waals surface area contributed by atoms with Crippen molar-refractivity contribution < 1.29 is 14.6 Å². The van der Waals surface area contributed by atoms with Crippen LogP contribution in [0.4, 0.5) is 0 Å². The van der Waals surface area contributed by atoms with Crippen LogP contribution in [-0.4, -0.2) is 40.2 Å². The second-order valence-corrected chi connectivity index (χ2v) is 7.19. The predicted octanol–water partition coefficient (Wildman–Crippen LogP) is 2.56. The van der Waals surface area contributed by atoms with E-state index in [9.17, 15) is 9.90 Å². The van der Waals surface area contributed by atoms with E-state index in [1.807, 2.05) is 24.3 Å². The van der Waals surface area contributed by atoms with Crippen molar-refractivity contribution in [2.45, 2.75) is 25.4 Å². The van der Waals surface area contributed by atoms with Crippen LogP contribution < -0.4 is 15.8 Å². The number of benzene rings is 2. The zero-order valence-electron chi connectivity index (χ0n) is 15.5. The first kappa shape index (κ1) is 18.3. The van der Waals surface area contributed by atoms with Gasteiger partial charge in [-0.1, -0.05) is 18.2 Å². The van der Waals surface area contributed by atoms with Gasteiger partial charge in [0.1, 0.15) is 11.9 Å². The SMILES string of the molecule is NC(=O)CC(Oc1cccc(-c2nc3ccccc3[nH]2)c1O)C1CCCNC1. The summed E-state index contributed by atoms with van der Waals surface area (Å²) < 4.78 is 6.10. The van der Waals surface area contributed by atoms with E-state index in [0.717, 1.165) is 37.0 Å². The summed E-state index contributed by atoms with van der Waals surface area (Å²) in [4.78, 5) is 19.3. The van der Waals surface area contributed by atoms with E-state index in [2.05, 4.69) is 15.3 Å². The summed E-state index contributed by atoms with van der Waals surface area (Å²) in [6.07, 6.45) is 1.70. The number of piperidine rings is 1. The maximum atomic E-state index is 11.6. The number of aromatic amines is 1. The zero-order valence-corrected chi connectivity index (χ0v) is 15.5. The van der Waals surface area contributed by atoms with E-state index < -0.39 is 5.91 Å². The lowest BCUT2D eigenvalue weighted by Gasteiger charge is -2.30. The largest absolute Gasteiger partial charge is 0.504 e. The average Bonchev–Trinajstić information content (AvgIpc) is 3.13. The summed E-state index contributed by atoms with van der Waals surface area (Å²) >= 11 is 0. The number of para-hydroxylation sites is 3. The highest BCUT2D eigenvalue weighted by atomic mass is 16.5. The van der Waals surface area contributed by atoms with Gasteiger partial charge in [-0.15, -0.1) is 0 Å². The number of hydrogen-bond donors (Lipinski definition) is 4. The predicted molar refractivity (Wildman–Crippen MR) is 107 cm³/mol. The molecular formula is C21H24N4O3. The van der Waals surface area contributed by atoms with Crippen molar-refractivity contribution in [2.75, 3.05) is 13.1 Å². The molecule has 5 N–H and O–H groups in total. The lowest BCUT2D eigenvalue weighted by atomic mass is 9.91. The molecule has 1 aromatic heterocycles. The Kier molecular flexibility index (Phi) is 5.16. The summed E-state index contributed by atoms with van der Waals surface area (Å²) in [6.45, 7) is 1.73. The smallest absolute Gasteiger partial charge is 0.221 e. The first-order valence-electron chi connectivity index (χ1n) is 9.54. The first-order valence-corrected chi connectivity index (χ1v) is 9.54. The number of aromatic nitrogens is 2. The average molecular weight is 380 g/mol. The van der Waals surface area contributed by atoms with Gasteiger partial charge in [0.25, 0.3) is 0 Å². The quantitative estimate of drug-likeness (QED) is 0.525. The number of aromatic hydroxyl groups is 1. The number of fused-ring (bicyclic) bond motifs is 1. The number of H-pyrrole nitrogens is 1. The number of nitrogens with zero attached hydrogens (tertiary/aromatic N) is 1. The number of phenols is 1. The third-order valence-corrected chi connectivity index (χ3v) is 5.18. The van der Waals surface area contributed by atoms with Gasteiger partial charge in [0.15, 0.2) is 11.5 Å². The Labute approximate surface area is 162 Å². The van der Waals surface area contributed by atoms with Crippen molar-refractivity contribution in [3.8, 4) is 22.9 Å². The molecule has 1 aliphatic heterocycles. The molecule has 0 radical (unpaired) electrons. The van der Waals surface area contributed by atoms with Gasteiger partial charge in [-0.2, -0.15) is 0 Å². The number of ether oxygens (including phenoxy) is 1. The molecule has 3 aromatic rings. The molecule has 0 spiro atoms. The normalized spacial score (nSPS) is 18.1. The molecule has 1 fully saturated rings. The summed E-state index contributed by atoms with van der Waals surface area (Å²) in [5, 5.41) is 14.2. The Morgan fingerprint density at radius 2 is 2.14 bits per heavy atom. The fraction of sp³-hybridized carbons (Fsp3) is 0.333. The second-order valence-electron chi connectivity index (χ2n) is 7.19. The Morgan fingerprint density at radius 3 is 2.89 bits per heavy atom. The summed E-state index contributed by atoms with van der Waals surface area (Å²) in [5.41, 5.74) is 7.70. The van der Waals surface area contributed by atoms with E-state index in [4.69, 9.17) is 10.5 Å². The van der Waals surface area contributed by atoms with Crippen LogP contribution >= 0.6 is 0 Å². The first-order chi connectivity index (χ1) is 13.6. The number of carbonyl (C=O) groups excluding carboxylic acids is 1. The number of imidazole rings is 1. The van der Waals surface area contributed by atoms with Crippen LogP contribution in [0, 0.1) is 5.92 Å². The number of carbonyl (C=O) groups is 1. The highest BCUT2D eigenvalue weighted by Crippen LogP contribution is 2.38. The molecule has 0 bridgehead atoms. The number of primary amides is 1. The molecule has 4 rings (SSSR count). The molecule has 1 saturated heterocycles. The van der Waals surface area contributed by atoms with Gasteiger partial charge in [-0.05, 0) is 43.7 Å². The van der Waals surface area contributed by atoms with Crippen LogP contribution in [-0.2, 0) is 4.79 Å². The lowest BCUT2D eigenvalue weighted by molar-refractivity contribution is -0.120. The third kappa shape index (κ3) is 3.80. The zero-order chi connectivity index (χ0) is 19.5. The molecule has 1 aliphatic rings. The van der Waals surface area contributed by atoms with Crippen LogP contribution in [0.15, 0.2) is 42.5 Å². The maximum absolute atomic E-state index is 11.6. The minimum Gasteiger partial charge on any atom is -0.504 e. The molecule has 2 atom stereocenters. The summed E-state index contributed by atoms with van der Waals surface area (Å²) in [5.74, 6) is 0.642. The van der Waals surface area contributed by atoms with Crippen LogP contribution in [0.3, 0.4) is 0 Å². The van der Waals surface area contributed by atoms with Gasteiger partial charge in [0.2, 0.25) is 5.91 Å². The van der Waals surface area contributed by atoms with Crippen LogP contribution in [0.1, 0.15) is 19.3 Å². The maximum Gasteiger partial charge on any atom is 0.221 e. The van der Waals surface area contributed by atoms with Crippen molar-refractivity contribution in [1.29, 1.82) is 0 Å². The molecular weight excluding hydrogens is 356 g/mol. The molecule has 7 nitrogen and oxygen atoms in total. The molecule has 146 valence electrons. The molecule has 28 heavy (non-hydrogen) atoms. The number of nitrogens with two attached hydrogens (primary N) is 1. The Bertz CT molecular complexity index is 946. The van der Waals surface area contributed by atoms with E-state index in [1.165, 1.54) is 0 Å². The number of rotatable bonds is 6. The van der Waals surface area contributed by atoms with Crippen molar-refractivity contribution in [3.63, 3.8) is 0 Å². The Hall–Kier alpha value is -3.06. The fourth-order valence-corrected chi connectivity index (χ4v) is 3.75. The highest BCUT2D eigenvalue weighted by Gasteiger charge is 2.28. The van der Waals surface area contributed by atoms with Gasteiger partial charge in [-0.25, -0.2) is 4.98 Å². The number of amides is 1. The van der Waals surface area contributed by atoms with E-state index in [-0.39, 0.29) is 24.2 Å². The molecule has 2 aromatic carbocycles. The minimum absolute atomic E-state index is 0.000190. The van der Waals surface area contributed by atoms with Gasteiger partial charge in [0.05, 0.1) is 23.0 Å². The van der Waals surface area contributed by atoms with Crippen molar-refractivity contribution in [1.82, 2.24) is 15.3 Å². The van der Waals surface area contributed by atoms with Crippen LogP contribution in [0.5, 0.6) is 11.5 Å². The lowest BCUT2D eigenvalue weighted by Crippen LogP contribution is -2.41. The van der Waals surface area contributed by atoms with Crippen LogP contribution in [0.25, 0.3) is 22.4 Å². The standard InChI is InChI=1S/C21H24N4O3/c22-19(26)11-18(13-5-4-10-23-12-13)28-17-9-3-6-14(20(17)27)21-24-15-7-1-2-8-16(15)25-21/h1-3,6-9,13,18,23,27H,4-5,10-12H2,(H2,22,26)(H,24,25). The molecule has 0 saturated carbocycles. The van der Waals surface area contributed by atoms with Gasteiger partial charge in [-0.3, -0.25) is 4.79 Å². The number of phenolic OH excluding ortho intramolecular Hbond substituents is 1.